The molecule has 0 heterocycles. The van der Waals surface area contributed by atoms with Gasteiger partial charge in [-0.25, -0.2) is 4.39 Å². The number of nitrogens with two attached hydrogens (primary N) is 1. The van der Waals surface area contributed by atoms with Gasteiger partial charge < -0.3 is 15.2 Å². The molecule has 4 nitrogen and oxygen atoms in total. The van der Waals surface area contributed by atoms with Gasteiger partial charge in [0.15, 0.2) is 0 Å². The number of carbonyl (C=O) groups excluding carboxylic acids is 1. The van der Waals surface area contributed by atoms with Gasteiger partial charge in [0.2, 0.25) is 0 Å². The summed E-state index contributed by atoms with van der Waals surface area (Å²) in [5.41, 5.74) is 5.58. The largest absolute Gasteiger partial charge is 0.488 e. The number of methoxy groups -OCH3 is 1. The van der Waals surface area contributed by atoms with Crippen molar-refractivity contribution in [1.29, 1.82) is 0 Å². The molecule has 0 aromatic heterocycles. The molecule has 2 N–H and O–H groups in total. The molecule has 0 saturated heterocycles. The second kappa shape index (κ2) is 5.46. The number of ether oxygens (including phenoxy) is 2. The minimum atomic E-state index is -0.866. The fraction of sp³-hybridized carbons (Fsp3) is 0.364. The minimum absolute atomic E-state index is 0.350. The van der Waals surface area contributed by atoms with Crippen LogP contribution in [0, 0.1) is 5.82 Å². The van der Waals surface area contributed by atoms with Crippen LogP contribution in [-0.4, -0.2) is 25.2 Å². The van der Waals surface area contributed by atoms with Gasteiger partial charge in [0, 0.05) is 0 Å². The van der Waals surface area contributed by atoms with Gasteiger partial charge in [-0.2, -0.15) is 0 Å². The number of hydrogen-bond acceptors (Lipinski definition) is 4. The van der Waals surface area contributed by atoms with Gasteiger partial charge in [-0.3, -0.25) is 4.79 Å². The van der Waals surface area contributed by atoms with Gasteiger partial charge in [0.1, 0.15) is 23.7 Å². The van der Waals surface area contributed by atoms with Crippen molar-refractivity contribution < 1.29 is 18.7 Å². The van der Waals surface area contributed by atoms with E-state index in [0.717, 1.165) is 0 Å². The van der Waals surface area contributed by atoms with Crippen molar-refractivity contribution in [2.45, 2.75) is 19.1 Å². The molecular formula is C11H14FNO3. The van der Waals surface area contributed by atoms with Crippen LogP contribution in [0.5, 0.6) is 5.75 Å². The Kier molecular flexibility index (Phi) is 4.25. The highest BCUT2D eigenvalue weighted by Crippen LogP contribution is 2.14. The summed E-state index contributed by atoms with van der Waals surface area (Å²) in [6.45, 7) is 1.64. The van der Waals surface area contributed by atoms with Crippen LogP contribution in [0.25, 0.3) is 0 Å². The first-order valence-corrected chi connectivity index (χ1v) is 4.80. The van der Waals surface area contributed by atoms with Gasteiger partial charge in [-0.05, 0) is 31.2 Å². The van der Waals surface area contributed by atoms with Gasteiger partial charge in [0.25, 0.3) is 0 Å². The monoisotopic (exact) mass is 227 g/mol. The Hall–Kier alpha value is -1.62. The molecule has 1 aromatic rings. The van der Waals surface area contributed by atoms with Gasteiger partial charge >= 0.3 is 5.97 Å². The van der Waals surface area contributed by atoms with E-state index in [2.05, 4.69) is 4.74 Å². The van der Waals surface area contributed by atoms with Crippen LogP contribution in [0.15, 0.2) is 24.3 Å². The van der Waals surface area contributed by atoms with Crippen molar-refractivity contribution in [2.24, 2.45) is 5.73 Å². The Labute approximate surface area is 93.2 Å². The SMILES string of the molecule is COC(=O)[C@@H](N)[C@@H](C)Oc1ccc(F)cc1. The van der Waals surface area contributed by atoms with Gasteiger partial charge in [-0.1, -0.05) is 0 Å². The lowest BCUT2D eigenvalue weighted by atomic mass is 10.2. The zero-order valence-electron chi connectivity index (χ0n) is 9.14. The molecule has 0 unspecified atom stereocenters. The Morgan fingerprint density at radius 3 is 2.44 bits per heavy atom. The molecule has 1 aromatic carbocycles. The summed E-state index contributed by atoms with van der Waals surface area (Å²) in [5, 5.41) is 0. The predicted molar refractivity (Wildman–Crippen MR) is 56.5 cm³/mol. The highest BCUT2D eigenvalue weighted by molar-refractivity contribution is 5.76. The normalized spacial score (nSPS) is 14.0. The summed E-state index contributed by atoms with van der Waals surface area (Å²) in [5.74, 6) is -0.444. The quantitative estimate of drug-likeness (QED) is 0.782. The van der Waals surface area contributed by atoms with Gasteiger partial charge in [0.05, 0.1) is 7.11 Å². The number of rotatable bonds is 4. The van der Waals surface area contributed by atoms with Crippen LogP contribution < -0.4 is 10.5 Å². The van der Waals surface area contributed by atoms with E-state index in [1.165, 1.54) is 31.4 Å². The molecule has 0 fully saturated rings. The summed E-state index contributed by atoms with van der Waals surface area (Å²) in [7, 11) is 1.26. The maximum atomic E-state index is 12.6. The van der Waals surface area contributed by atoms with Crippen molar-refractivity contribution in [3.63, 3.8) is 0 Å². The number of hydrogen-bond donors (Lipinski definition) is 1. The summed E-state index contributed by atoms with van der Waals surface area (Å²) in [4.78, 5) is 11.1. The average molecular weight is 227 g/mol. The predicted octanol–water partition coefficient (Wildman–Crippen LogP) is 1.09. The Balaban J connectivity index is 2.60. The zero-order chi connectivity index (χ0) is 12.1. The third-order valence-electron chi connectivity index (χ3n) is 2.11. The molecule has 0 saturated carbocycles. The summed E-state index contributed by atoms with van der Waals surface area (Å²) in [6, 6.07) is 4.61. The molecule has 0 spiro atoms. The number of halogens is 1. The first kappa shape index (κ1) is 12.4. The van der Waals surface area contributed by atoms with E-state index >= 15 is 0 Å². The Morgan fingerprint density at radius 1 is 1.38 bits per heavy atom. The van der Waals surface area contributed by atoms with E-state index in [1.807, 2.05) is 0 Å². The minimum Gasteiger partial charge on any atom is -0.488 e. The molecule has 2 atom stereocenters. The third kappa shape index (κ3) is 3.20. The van der Waals surface area contributed by atoms with E-state index in [-0.39, 0.29) is 5.82 Å². The van der Waals surface area contributed by atoms with Gasteiger partial charge in [-0.15, -0.1) is 0 Å². The van der Waals surface area contributed by atoms with Crippen LogP contribution in [0.2, 0.25) is 0 Å². The van der Waals surface area contributed by atoms with Crippen molar-refractivity contribution in [1.82, 2.24) is 0 Å². The highest BCUT2D eigenvalue weighted by Gasteiger charge is 2.22. The van der Waals surface area contributed by atoms with Crippen LogP contribution in [0.3, 0.4) is 0 Å². The lowest BCUT2D eigenvalue weighted by Crippen LogP contribution is -2.44. The highest BCUT2D eigenvalue weighted by atomic mass is 19.1. The fourth-order valence-corrected chi connectivity index (χ4v) is 1.13. The van der Waals surface area contributed by atoms with Crippen molar-refractivity contribution in [3.8, 4) is 5.75 Å². The second-order valence-corrected chi connectivity index (χ2v) is 3.33. The molecule has 0 aliphatic rings. The smallest absolute Gasteiger partial charge is 0.326 e. The average Bonchev–Trinajstić information content (AvgIpc) is 2.30. The molecule has 0 bridgehead atoms. The second-order valence-electron chi connectivity index (χ2n) is 3.33. The standard InChI is InChI=1S/C11H14FNO3/c1-7(10(13)11(14)15-2)16-9-5-3-8(12)4-6-9/h3-7,10H,13H2,1-2H3/t7-,10+/m1/s1. The van der Waals surface area contributed by atoms with Crippen LogP contribution >= 0.6 is 0 Å². The molecule has 5 heteroatoms. The maximum Gasteiger partial charge on any atom is 0.326 e. The van der Waals surface area contributed by atoms with E-state index < -0.39 is 18.1 Å². The van der Waals surface area contributed by atoms with Crippen LogP contribution in [0.1, 0.15) is 6.92 Å². The topological polar surface area (TPSA) is 61.5 Å². The lowest BCUT2D eigenvalue weighted by Gasteiger charge is -2.19. The summed E-state index contributed by atoms with van der Waals surface area (Å²) < 4.78 is 22.5. The molecule has 16 heavy (non-hydrogen) atoms. The molecule has 1 rings (SSSR count). The van der Waals surface area contributed by atoms with E-state index in [1.54, 1.807) is 6.92 Å². The molecular weight excluding hydrogens is 213 g/mol. The molecule has 0 aliphatic heterocycles. The number of carbonyl (C=O) groups is 1. The van der Waals surface area contributed by atoms with Crippen LogP contribution in [-0.2, 0) is 9.53 Å². The summed E-state index contributed by atoms with van der Waals surface area (Å²) >= 11 is 0. The molecule has 88 valence electrons. The molecule has 0 aliphatic carbocycles. The molecule has 0 radical (unpaired) electrons. The van der Waals surface area contributed by atoms with Crippen molar-refractivity contribution in [3.05, 3.63) is 30.1 Å². The van der Waals surface area contributed by atoms with E-state index in [4.69, 9.17) is 10.5 Å². The van der Waals surface area contributed by atoms with Crippen molar-refractivity contribution >= 4 is 5.97 Å². The fourth-order valence-electron chi connectivity index (χ4n) is 1.13. The summed E-state index contributed by atoms with van der Waals surface area (Å²) in [6.07, 6.45) is -0.544. The van der Waals surface area contributed by atoms with Crippen molar-refractivity contribution in [2.75, 3.05) is 7.11 Å². The number of benzene rings is 1. The van der Waals surface area contributed by atoms with Crippen LogP contribution in [0.4, 0.5) is 4.39 Å². The van der Waals surface area contributed by atoms with E-state index in [0.29, 0.717) is 5.75 Å². The zero-order valence-corrected chi connectivity index (χ0v) is 9.14. The molecule has 0 amide bonds. The first-order valence-electron chi connectivity index (χ1n) is 4.80. The Morgan fingerprint density at radius 2 is 1.94 bits per heavy atom. The van der Waals surface area contributed by atoms with E-state index in [9.17, 15) is 9.18 Å². The number of esters is 1. The Bertz CT molecular complexity index is 353. The maximum absolute atomic E-state index is 12.6. The first-order chi connectivity index (χ1) is 7.54. The third-order valence-corrected chi connectivity index (χ3v) is 2.11. The lowest BCUT2D eigenvalue weighted by molar-refractivity contribution is -0.144.